The van der Waals surface area contributed by atoms with Crippen molar-refractivity contribution in [2.24, 2.45) is 0 Å². The lowest BCUT2D eigenvalue weighted by molar-refractivity contribution is 0.0956. The molecule has 100 valence electrons. The lowest BCUT2D eigenvalue weighted by Crippen LogP contribution is -2.43. The Bertz CT molecular complexity index is 239. The minimum atomic E-state index is -2.02. The molecule has 2 fully saturated rings. The third kappa shape index (κ3) is 3.29. The van der Waals surface area contributed by atoms with Gasteiger partial charge >= 0.3 is 8.56 Å². The second-order valence-corrected chi connectivity index (χ2v) is 8.35. The average Bonchev–Trinajstić information content (AvgIpc) is 3.19. The molecule has 3 atom stereocenters. The summed E-state index contributed by atoms with van der Waals surface area (Å²) in [4.78, 5) is 0. The Morgan fingerprint density at radius 1 is 1.18 bits per heavy atom. The summed E-state index contributed by atoms with van der Waals surface area (Å²) in [5, 5.41) is 0. The summed E-state index contributed by atoms with van der Waals surface area (Å²) in [6, 6.07) is 1.01. The average molecular weight is 260 g/mol. The van der Waals surface area contributed by atoms with Crippen LogP contribution in [0.1, 0.15) is 27.2 Å². The molecule has 0 aromatic heterocycles. The van der Waals surface area contributed by atoms with Crippen LogP contribution < -0.4 is 0 Å². The van der Waals surface area contributed by atoms with Crippen molar-refractivity contribution in [1.29, 1.82) is 0 Å². The van der Waals surface area contributed by atoms with Crippen molar-refractivity contribution in [2.75, 3.05) is 26.4 Å². The molecule has 0 radical (unpaired) electrons. The van der Waals surface area contributed by atoms with E-state index in [-0.39, 0.29) is 0 Å². The highest BCUT2D eigenvalue weighted by Crippen LogP contribution is 2.50. The molecule has 1 heterocycles. The Balaban J connectivity index is 1.83. The molecular formula is C12H24O4Si. The molecule has 3 unspecified atom stereocenters. The van der Waals surface area contributed by atoms with Crippen LogP contribution in [-0.2, 0) is 18.3 Å². The van der Waals surface area contributed by atoms with Gasteiger partial charge in [0.2, 0.25) is 0 Å². The lowest BCUT2D eigenvalue weighted by Gasteiger charge is -2.29. The fourth-order valence-electron chi connectivity index (χ4n) is 2.42. The Morgan fingerprint density at radius 2 is 1.82 bits per heavy atom. The topological polar surface area (TPSA) is 40.2 Å². The van der Waals surface area contributed by atoms with E-state index >= 15 is 0 Å². The van der Waals surface area contributed by atoms with Crippen molar-refractivity contribution in [1.82, 2.24) is 0 Å². The van der Waals surface area contributed by atoms with Crippen LogP contribution >= 0.6 is 0 Å². The van der Waals surface area contributed by atoms with Crippen LogP contribution in [0.4, 0.5) is 0 Å². The molecule has 1 saturated carbocycles. The highest BCUT2D eigenvalue weighted by atomic mass is 28.4. The Morgan fingerprint density at radius 3 is 2.29 bits per heavy atom. The zero-order chi connectivity index (χ0) is 12.3. The van der Waals surface area contributed by atoms with E-state index in [1.807, 2.05) is 13.8 Å². The van der Waals surface area contributed by atoms with Crippen molar-refractivity contribution < 1.29 is 18.3 Å². The van der Waals surface area contributed by atoms with Crippen LogP contribution in [0.15, 0.2) is 0 Å². The van der Waals surface area contributed by atoms with E-state index in [4.69, 9.17) is 18.3 Å². The first-order valence-electron chi connectivity index (χ1n) is 6.76. The molecule has 0 N–H and O–H groups in total. The van der Waals surface area contributed by atoms with Gasteiger partial charge in [-0.15, -0.1) is 0 Å². The molecule has 17 heavy (non-hydrogen) atoms. The van der Waals surface area contributed by atoms with Crippen LogP contribution in [0, 0.1) is 0 Å². The fourth-order valence-corrected chi connectivity index (χ4v) is 6.10. The van der Waals surface area contributed by atoms with Crippen LogP contribution in [-0.4, -0.2) is 47.2 Å². The molecule has 4 nitrogen and oxygen atoms in total. The maximum absolute atomic E-state index is 6.00. The van der Waals surface area contributed by atoms with Gasteiger partial charge < -0.3 is 18.3 Å². The molecule has 1 aliphatic carbocycles. The van der Waals surface area contributed by atoms with Crippen molar-refractivity contribution >= 4 is 8.56 Å². The van der Waals surface area contributed by atoms with Gasteiger partial charge in [0.1, 0.15) is 6.10 Å². The number of epoxide rings is 1. The Hall–Kier alpha value is 0.0569. The predicted molar refractivity (Wildman–Crippen MR) is 67.3 cm³/mol. The Kier molecular flexibility index (Phi) is 4.60. The maximum Gasteiger partial charge on any atom is 0.343 e. The van der Waals surface area contributed by atoms with Gasteiger partial charge in [0, 0.05) is 18.8 Å². The van der Waals surface area contributed by atoms with Crippen LogP contribution in [0.25, 0.3) is 0 Å². The first-order valence-corrected chi connectivity index (χ1v) is 8.87. The summed E-state index contributed by atoms with van der Waals surface area (Å²) in [6.45, 7) is 9.37. The summed E-state index contributed by atoms with van der Waals surface area (Å²) in [7, 11) is -2.02. The molecule has 5 heteroatoms. The summed E-state index contributed by atoms with van der Waals surface area (Å²) in [5.74, 6) is 0. The standard InChI is InChI=1S/C12H24O4Si/c1-4-15-17(6-3,16-5-2)12-7-11(12)14-9-10-8-13-10/h10-12H,4-9H2,1-3H3. The Labute approximate surface area is 105 Å². The van der Waals surface area contributed by atoms with Crippen molar-refractivity contribution in [3.05, 3.63) is 0 Å². The predicted octanol–water partition coefficient (Wildman–Crippen LogP) is 2.08. The van der Waals surface area contributed by atoms with Gasteiger partial charge in [-0.3, -0.25) is 0 Å². The molecule has 2 rings (SSSR count). The fraction of sp³-hybridized carbons (Fsp3) is 1.00. The van der Waals surface area contributed by atoms with E-state index in [1.165, 1.54) is 0 Å². The third-order valence-electron chi connectivity index (χ3n) is 3.47. The summed E-state index contributed by atoms with van der Waals surface area (Å²) < 4.78 is 23.0. The quantitative estimate of drug-likeness (QED) is 0.470. The molecule has 0 aromatic rings. The van der Waals surface area contributed by atoms with Crippen LogP contribution in [0.3, 0.4) is 0 Å². The van der Waals surface area contributed by atoms with Crippen molar-refractivity contribution in [3.63, 3.8) is 0 Å². The molecule has 0 amide bonds. The molecule has 1 aliphatic heterocycles. The summed E-state index contributed by atoms with van der Waals surface area (Å²) in [5.41, 5.74) is 0.520. The minimum Gasteiger partial charge on any atom is -0.394 e. The normalized spacial score (nSPS) is 31.6. The second-order valence-electron chi connectivity index (χ2n) is 4.70. The van der Waals surface area contributed by atoms with Gasteiger partial charge in [0.15, 0.2) is 0 Å². The molecular weight excluding hydrogens is 236 g/mol. The van der Waals surface area contributed by atoms with E-state index in [0.717, 1.165) is 38.9 Å². The first kappa shape index (κ1) is 13.5. The van der Waals surface area contributed by atoms with Crippen molar-refractivity contribution in [3.8, 4) is 0 Å². The molecule has 0 spiro atoms. The van der Waals surface area contributed by atoms with Crippen molar-refractivity contribution in [2.45, 2.75) is 51.0 Å². The van der Waals surface area contributed by atoms with E-state index in [0.29, 0.717) is 17.7 Å². The highest BCUT2D eigenvalue weighted by molar-refractivity contribution is 6.70. The van der Waals surface area contributed by atoms with Gasteiger partial charge in [-0.25, -0.2) is 0 Å². The van der Waals surface area contributed by atoms with Gasteiger partial charge in [0.25, 0.3) is 0 Å². The molecule has 0 bridgehead atoms. The second kappa shape index (κ2) is 5.80. The minimum absolute atomic E-state index is 0.351. The van der Waals surface area contributed by atoms with E-state index < -0.39 is 8.56 Å². The van der Waals surface area contributed by atoms with Gasteiger partial charge in [-0.1, -0.05) is 6.92 Å². The highest BCUT2D eigenvalue weighted by Gasteiger charge is 2.58. The number of rotatable bonds is 9. The summed E-state index contributed by atoms with van der Waals surface area (Å²) >= 11 is 0. The van der Waals surface area contributed by atoms with Crippen LogP contribution in [0.5, 0.6) is 0 Å². The van der Waals surface area contributed by atoms with E-state index in [1.54, 1.807) is 0 Å². The SMILES string of the molecule is CCO[Si](CC)(OCC)C1CC1OCC1CO1. The monoisotopic (exact) mass is 260 g/mol. The number of hydrogen-bond donors (Lipinski definition) is 0. The van der Waals surface area contributed by atoms with Gasteiger partial charge in [-0.2, -0.15) is 0 Å². The smallest absolute Gasteiger partial charge is 0.343 e. The zero-order valence-electron chi connectivity index (χ0n) is 11.1. The van der Waals surface area contributed by atoms with Gasteiger partial charge in [-0.05, 0) is 26.3 Å². The summed E-state index contributed by atoms with van der Waals surface area (Å²) in [6.07, 6.45) is 1.81. The van der Waals surface area contributed by atoms with Gasteiger partial charge in [0.05, 0.1) is 19.3 Å². The van der Waals surface area contributed by atoms with E-state index in [2.05, 4.69) is 6.92 Å². The molecule has 0 aromatic carbocycles. The lowest BCUT2D eigenvalue weighted by atomic mass is 10.5. The maximum atomic E-state index is 6.00. The molecule has 1 saturated heterocycles. The first-order chi connectivity index (χ1) is 8.25. The third-order valence-corrected chi connectivity index (χ3v) is 7.74. The number of ether oxygens (including phenoxy) is 2. The number of hydrogen-bond acceptors (Lipinski definition) is 4. The van der Waals surface area contributed by atoms with E-state index in [9.17, 15) is 0 Å². The zero-order valence-corrected chi connectivity index (χ0v) is 12.1. The largest absolute Gasteiger partial charge is 0.394 e. The van der Waals surface area contributed by atoms with Crippen LogP contribution in [0.2, 0.25) is 11.6 Å². The molecule has 2 aliphatic rings.